The van der Waals surface area contributed by atoms with Gasteiger partial charge in [-0.1, -0.05) is 42.5 Å². The summed E-state index contributed by atoms with van der Waals surface area (Å²) in [5, 5.41) is 13.2. The Kier molecular flexibility index (Phi) is 14.8. The Hall–Kier alpha value is -4.19. The largest absolute Gasteiger partial charge is 0.469 e. The Balaban J connectivity index is 1.85. The molecular weight excluding hydrogens is 544 g/mol. The molecule has 3 unspecified atom stereocenters. The van der Waals surface area contributed by atoms with Gasteiger partial charge in [0.25, 0.3) is 0 Å². The quantitative estimate of drug-likeness (QED) is 0.123. The minimum Gasteiger partial charge on any atom is -0.469 e. The Morgan fingerprint density at radius 2 is 1.50 bits per heavy atom. The summed E-state index contributed by atoms with van der Waals surface area (Å²) in [5.74, 6) is -2.03. The van der Waals surface area contributed by atoms with E-state index in [1.165, 1.54) is 7.11 Å². The molecule has 3 atom stereocenters. The molecule has 2 aromatic carbocycles. The molecule has 230 valence electrons. The van der Waals surface area contributed by atoms with Gasteiger partial charge in [-0.15, -0.1) is 0 Å². The summed E-state index contributed by atoms with van der Waals surface area (Å²) in [6.45, 7) is 2.16. The number of unbranched alkanes of at least 4 members (excludes halogenated alkanes) is 1. The van der Waals surface area contributed by atoms with E-state index in [1.807, 2.05) is 36.4 Å². The number of methoxy groups -OCH3 is 2. The minimum atomic E-state index is -1.11. The van der Waals surface area contributed by atoms with Crippen LogP contribution < -0.4 is 21.3 Å². The first kappa shape index (κ1) is 34.0. The molecule has 4 N–H and O–H groups in total. The standard InChI is InChI=1S/C30H42N4O8/c1-5-42-29(38)23(33-30(39)34-24(28(37)41-4)15-16-26(35)40-3)12-8-9-17-32-27(36)25(31-2)19-20-13-14-21-10-6-7-11-22(21)18-20/h6-7,10-11,13-14,18,23-25,31H,5,8-9,12,15-17,19H2,1-4H3,(H,32,36)(H2,33,34,39). The smallest absolute Gasteiger partial charge is 0.328 e. The maximum atomic E-state index is 12.8. The van der Waals surface area contributed by atoms with E-state index < -0.39 is 42.1 Å². The zero-order valence-electron chi connectivity index (χ0n) is 24.7. The Morgan fingerprint density at radius 3 is 2.14 bits per heavy atom. The van der Waals surface area contributed by atoms with E-state index in [-0.39, 0.29) is 31.8 Å². The lowest BCUT2D eigenvalue weighted by Crippen LogP contribution is -2.51. The molecular formula is C30H42N4O8. The summed E-state index contributed by atoms with van der Waals surface area (Å²) in [6, 6.07) is 10.9. The number of benzene rings is 2. The van der Waals surface area contributed by atoms with Crippen molar-refractivity contribution in [1.82, 2.24) is 21.3 Å². The molecule has 0 bridgehead atoms. The van der Waals surface area contributed by atoms with Crippen molar-refractivity contribution in [2.24, 2.45) is 0 Å². The van der Waals surface area contributed by atoms with Crippen molar-refractivity contribution in [3.05, 3.63) is 48.0 Å². The predicted octanol–water partition coefficient (Wildman–Crippen LogP) is 1.98. The zero-order chi connectivity index (χ0) is 30.9. The number of rotatable bonds is 17. The molecule has 0 saturated carbocycles. The van der Waals surface area contributed by atoms with Crippen LogP contribution in [0.2, 0.25) is 0 Å². The molecule has 0 fully saturated rings. The van der Waals surface area contributed by atoms with E-state index in [0.29, 0.717) is 25.8 Å². The van der Waals surface area contributed by atoms with Crippen molar-refractivity contribution in [3.63, 3.8) is 0 Å². The van der Waals surface area contributed by atoms with E-state index in [0.717, 1.165) is 23.4 Å². The molecule has 0 radical (unpaired) electrons. The lowest BCUT2D eigenvalue weighted by molar-refractivity contribution is -0.145. The second-order valence-electron chi connectivity index (χ2n) is 9.63. The molecule has 2 aromatic rings. The van der Waals surface area contributed by atoms with Crippen LogP contribution in [0.5, 0.6) is 0 Å². The summed E-state index contributed by atoms with van der Waals surface area (Å²) in [5.41, 5.74) is 1.05. The molecule has 42 heavy (non-hydrogen) atoms. The number of hydrogen-bond donors (Lipinski definition) is 4. The second-order valence-corrected chi connectivity index (χ2v) is 9.63. The first-order valence-corrected chi connectivity index (χ1v) is 14.0. The van der Waals surface area contributed by atoms with Crippen molar-refractivity contribution in [1.29, 1.82) is 0 Å². The van der Waals surface area contributed by atoms with E-state index >= 15 is 0 Å². The average Bonchev–Trinajstić information content (AvgIpc) is 3.00. The normalized spacial score (nSPS) is 12.9. The molecule has 0 aliphatic carbocycles. The van der Waals surface area contributed by atoms with Gasteiger partial charge in [-0.3, -0.25) is 9.59 Å². The number of carbonyl (C=O) groups excluding carboxylic acids is 5. The van der Waals surface area contributed by atoms with Gasteiger partial charge in [0.15, 0.2) is 0 Å². The first-order valence-electron chi connectivity index (χ1n) is 14.0. The number of ether oxygens (including phenoxy) is 3. The van der Waals surface area contributed by atoms with Gasteiger partial charge in [0.1, 0.15) is 12.1 Å². The van der Waals surface area contributed by atoms with E-state index in [9.17, 15) is 24.0 Å². The highest BCUT2D eigenvalue weighted by molar-refractivity contribution is 5.87. The lowest BCUT2D eigenvalue weighted by Gasteiger charge is -2.21. The van der Waals surface area contributed by atoms with Crippen LogP contribution in [0.25, 0.3) is 10.8 Å². The van der Waals surface area contributed by atoms with Crippen molar-refractivity contribution in [2.45, 2.75) is 63.6 Å². The molecule has 0 aliphatic rings. The lowest BCUT2D eigenvalue weighted by atomic mass is 10.0. The molecule has 12 heteroatoms. The highest BCUT2D eigenvalue weighted by Crippen LogP contribution is 2.17. The van der Waals surface area contributed by atoms with Gasteiger partial charge >= 0.3 is 23.9 Å². The maximum absolute atomic E-state index is 12.8. The number of amides is 3. The van der Waals surface area contributed by atoms with Gasteiger partial charge in [-0.05, 0) is 62.4 Å². The van der Waals surface area contributed by atoms with Crippen molar-refractivity contribution in [3.8, 4) is 0 Å². The van der Waals surface area contributed by atoms with Crippen molar-refractivity contribution < 1.29 is 38.2 Å². The molecule has 0 spiro atoms. The number of urea groups is 1. The molecule has 12 nitrogen and oxygen atoms in total. The van der Waals surface area contributed by atoms with E-state index in [4.69, 9.17) is 9.47 Å². The summed E-state index contributed by atoms with van der Waals surface area (Å²) in [4.78, 5) is 61.4. The number of hydrogen-bond acceptors (Lipinski definition) is 9. The van der Waals surface area contributed by atoms with Crippen LogP contribution in [0.3, 0.4) is 0 Å². The minimum absolute atomic E-state index is 0.0367. The molecule has 0 aliphatic heterocycles. The molecule has 0 heterocycles. The Morgan fingerprint density at radius 1 is 0.810 bits per heavy atom. The van der Waals surface area contributed by atoms with Crippen molar-refractivity contribution in [2.75, 3.05) is 34.4 Å². The highest BCUT2D eigenvalue weighted by Gasteiger charge is 2.26. The maximum Gasteiger partial charge on any atom is 0.328 e. The van der Waals surface area contributed by atoms with Crippen LogP contribution in [0.4, 0.5) is 4.79 Å². The van der Waals surface area contributed by atoms with Gasteiger partial charge < -0.3 is 35.5 Å². The molecule has 0 aromatic heterocycles. The van der Waals surface area contributed by atoms with Gasteiger partial charge in [-0.2, -0.15) is 0 Å². The van der Waals surface area contributed by atoms with Crippen LogP contribution in [-0.4, -0.2) is 82.4 Å². The number of fused-ring (bicyclic) bond motifs is 1. The van der Waals surface area contributed by atoms with Crippen LogP contribution in [0.1, 0.15) is 44.6 Å². The topological polar surface area (TPSA) is 161 Å². The summed E-state index contributed by atoms with van der Waals surface area (Å²) in [6.07, 6.45) is 1.69. The predicted molar refractivity (Wildman–Crippen MR) is 157 cm³/mol. The van der Waals surface area contributed by atoms with E-state index in [1.54, 1.807) is 14.0 Å². The molecule has 2 rings (SSSR count). The van der Waals surface area contributed by atoms with Crippen molar-refractivity contribution >= 4 is 40.6 Å². The fraction of sp³-hybridized carbons (Fsp3) is 0.500. The van der Waals surface area contributed by atoms with Crippen LogP contribution >= 0.6 is 0 Å². The first-order chi connectivity index (χ1) is 20.2. The van der Waals surface area contributed by atoms with Gasteiger partial charge in [0.05, 0.1) is 26.9 Å². The monoisotopic (exact) mass is 586 g/mol. The number of nitrogens with one attached hydrogen (secondary N) is 4. The van der Waals surface area contributed by atoms with Crippen LogP contribution in [0.15, 0.2) is 42.5 Å². The highest BCUT2D eigenvalue weighted by atomic mass is 16.5. The van der Waals surface area contributed by atoms with Gasteiger partial charge in [-0.25, -0.2) is 14.4 Å². The Bertz CT molecular complexity index is 1200. The van der Waals surface area contributed by atoms with Crippen LogP contribution in [0, 0.1) is 0 Å². The Labute approximate surface area is 246 Å². The molecule has 0 saturated heterocycles. The van der Waals surface area contributed by atoms with Gasteiger partial charge in [0.2, 0.25) is 5.91 Å². The number of carbonyl (C=O) groups is 5. The number of likely N-dealkylation sites (N-methyl/N-ethyl adjacent to an activating group) is 1. The summed E-state index contributed by atoms with van der Waals surface area (Å²) < 4.78 is 14.3. The zero-order valence-corrected chi connectivity index (χ0v) is 24.7. The van der Waals surface area contributed by atoms with E-state index in [2.05, 4.69) is 32.1 Å². The third kappa shape index (κ3) is 11.4. The fourth-order valence-electron chi connectivity index (χ4n) is 4.34. The molecule has 3 amide bonds. The third-order valence-electron chi connectivity index (χ3n) is 6.67. The SMILES string of the molecule is CCOC(=O)C(CCCCNC(=O)C(Cc1ccc2ccccc2c1)NC)NC(=O)NC(CCC(=O)OC)C(=O)OC. The summed E-state index contributed by atoms with van der Waals surface area (Å²) in [7, 11) is 4.12. The van der Waals surface area contributed by atoms with Gasteiger partial charge in [0, 0.05) is 13.0 Å². The number of esters is 3. The van der Waals surface area contributed by atoms with Crippen LogP contribution in [-0.2, 0) is 39.8 Å². The second kappa shape index (κ2) is 18.3. The third-order valence-corrected chi connectivity index (χ3v) is 6.67. The fourth-order valence-corrected chi connectivity index (χ4v) is 4.34. The summed E-state index contributed by atoms with van der Waals surface area (Å²) >= 11 is 0. The average molecular weight is 587 g/mol.